The summed E-state index contributed by atoms with van der Waals surface area (Å²) in [4.78, 5) is 27.7. The van der Waals surface area contributed by atoms with Gasteiger partial charge in [-0.25, -0.2) is 4.39 Å². The van der Waals surface area contributed by atoms with Crippen molar-refractivity contribution in [1.82, 2.24) is 10.2 Å². The van der Waals surface area contributed by atoms with Crippen LogP contribution in [0.4, 0.5) is 4.39 Å². The molecule has 1 saturated heterocycles. The molecule has 1 heterocycles. The zero-order valence-electron chi connectivity index (χ0n) is 18.8. The van der Waals surface area contributed by atoms with E-state index in [1.165, 1.54) is 6.07 Å². The number of likely N-dealkylation sites (tertiary alicyclic amines) is 1. The molecule has 1 aliphatic carbocycles. The fourth-order valence-electron chi connectivity index (χ4n) is 4.49. The molecule has 2 fully saturated rings. The summed E-state index contributed by atoms with van der Waals surface area (Å²) in [5.74, 6) is 0.592. The van der Waals surface area contributed by atoms with Crippen LogP contribution >= 0.6 is 0 Å². The average molecular weight is 439 g/mol. The molecule has 2 aromatic rings. The quantitative estimate of drug-likeness (QED) is 0.715. The van der Waals surface area contributed by atoms with Crippen LogP contribution in [0.2, 0.25) is 0 Å². The van der Waals surface area contributed by atoms with Gasteiger partial charge in [0, 0.05) is 31.5 Å². The fraction of sp³-hybridized carbons (Fsp3) is 0.462. The molecule has 0 spiro atoms. The first-order valence-electron chi connectivity index (χ1n) is 11.4. The van der Waals surface area contributed by atoms with E-state index in [2.05, 4.69) is 5.32 Å². The Bertz CT molecular complexity index is 972. The van der Waals surface area contributed by atoms with Crippen LogP contribution in [-0.2, 0) is 16.0 Å². The summed E-state index contributed by atoms with van der Waals surface area (Å²) >= 11 is 0. The summed E-state index contributed by atoms with van der Waals surface area (Å²) in [6, 6.07) is 12.9. The van der Waals surface area contributed by atoms with E-state index in [-0.39, 0.29) is 35.4 Å². The van der Waals surface area contributed by atoms with Gasteiger partial charge in [0.1, 0.15) is 11.6 Å². The zero-order chi connectivity index (χ0) is 22.7. The number of piperidine rings is 1. The number of amides is 2. The topological polar surface area (TPSA) is 58.6 Å². The lowest BCUT2D eigenvalue weighted by atomic mass is 9.83. The normalized spacial score (nSPS) is 20.7. The van der Waals surface area contributed by atoms with Crippen LogP contribution in [0.5, 0.6) is 5.75 Å². The van der Waals surface area contributed by atoms with Crippen molar-refractivity contribution >= 4 is 11.8 Å². The molecular formula is C26H31FN2O3. The Balaban J connectivity index is 1.41. The van der Waals surface area contributed by atoms with Crippen molar-refractivity contribution in [3.63, 3.8) is 0 Å². The summed E-state index contributed by atoms with van der Waals surface area (Å²) in [6.45, 7) is 3.34. The number of aryl methyl sites for hydroxylation is 1. The van der Waals surface area contributed by atoms with Gasteiger partial charge in [0.2, 0.25) is 11.8 Å². The number of rotatable bonds is 7. The Morgan fingerprint density at radius 1 is 1.09 bits per heavy atom. The average Bonchev–Trinajstić information content (AvgIpc) is 3.66. The van der Waals surface area contributed by atoms with Gasteiger partial charge in [-0.05, 0) is 67.5 Å². The Morgan fingerprint density at radius 3 is 2.50 bits per heavy atom. The largest absolute Gasteiger partial charge is 0.497 e. The van der Waals surface area contributed by atoms with Crippen LogP contribution in [0.1, 0.15) is 41.9 Å². The molecule has 0 aromatic heterocycles. The molecule has 4 rings (SSSR count). The van der Waals surface area contributed by atoms with E-state index in [1.54, 1.807) is 20.1 Å². The molecular weight excluding hydrogens is 407 g/mol. The van der Waals surface area contributed by atoms with Crippen LogP contribution in [0, 0.1) is 24.6 Å². The second-order valence-electron chi connectivity index (χ2n) is 9.04. The van der Waals surface area contributed by atoms with Gasteiger partial charge in [0.15, 0.2) is 0 Å². The third kappa shape index (κ3) is 5.29. The minimum absolute atomic E-state index is 0.0179. The van der Waals surface area contributed by atoms with Gasteiger partial charge in [-0.15, -0.1) is 0 Å². The van der Waals surface area contributed by atoms with Gasteiger partial charge in [-0.2, -0.15) is 0 Å². The monoisotopic (exact) mass is 438 g/mol. The first kappa shape index (κ1) is 22.3. The van der Waals surface area contributed by atoms with E-state index in [0.29, 0.717) is 31.6 Å². The zero-order valence-corrected chi connectivity index (χ0v) is 18.8. The number of hydrogen-bond donors (Lipinski definition) is 1. The highest BCUT2D eigenvalue weighted by atomic mass is 19.1. The Labute approximate surface area is 188 Å². The van der Waals surface area contributed by atoms with Gasteiger partial charge in [0.25, 0.3) is 0 Å². The van der Waals surface area contributed by atoms with Crippen LogP contribution in [0.25, 0.3) is 0 Å². The number of methoxy groups -OCH3 is 1. The molecule has 0 unspecified atom stereocenters. The summed E-state index contributed by atoms with van der Waals surface area (Å²) in [5.41, 5.74) is 2.71. The van der Waals surface area contributed by atoms with Crippen molar-refractivity contribution in [2.24, 2.45) is 11.8 Å². The van der Waals surface area contributed by atoms with Crippen molar-refractivity contribution in [1.29, 1.82) is 0 Å². The number of nitrogens with zero attached hydrogens (tertiary/aromatic N) is 1. The lowest BCUT2D eigenvalue weighted by Crippen LogP contribution is -2.48. The maximum atomic E-state index is 13.8. The minimum atomic E-state index is -0.266. The number of halogens is 1. The Morgan fingerprint density at radius 2 is 1.84 bits per heavy atom. The fourth-order valence-corrected chi connectivity index (χ4v) is 4.49. The maximum absolute atomic E-state index is 13.8. The third-order valence-corrected chi connectivity index (χ3v) is 6.59. The van der Waals surface area contributed by atoms with Crippen LogP contribution in [-0.4, -0.2) is 43.5 Å². The highest BCUT2D eigenvalue weighted by molar-refractivity contribution is 5.83. The molecule has 2 atom stereocenters. The van der Waals surface area contributed by atoms with E-state index in [1.807, 2.05) is 35.2 Å². The minimum Gasteiger partial charge on any atom is -0.497 e. The van der Waals surface area contributed by atoms with Crippen molar-refractivity contribution < 1.29 is 18.7 Å². The van der Waals surface area contributed by atoms with Crippen LogP contribution in [0.15, 0.2) is 42.5 Å². The van der Waals surface area contributed by atoms with Gasteiger partial charge < -0.3 is 15.0 Å². The van der Waals surface area contributed by atoms with Crippen molar-refractivity contribution in [3.8, 4) is 5.75 Å². The Kier molecular flexibility index (Phi) is 6.77. The molecule has 1 N–H and O–H groups in total. The standard InChI is InChI=1S/C26H31FN2O3/c1-17-13-20(7-10-24(17)27)21-14-22(16-29(15-21)26(31)19-5-6-19)25(30)28-12-11-18-3-8-23(32-2)9-4-18/h3-4,7-10,13,19,21-22H,5-6,11-12,14-16H2,1-2H3,(H,28,30)/t21-,22+/m0/s1. The van der Waals surface area contributed by atoms with Gasteiger partial charge >= 0.3 is 0 Å². The number of carbonyl (C=O) groups is 2. The highest BCUT2D eigenvalue weighted by Gasteiger charge is 2.39. The number of hydrogen-bond acceptors (Lipinski definition) is 3. The molecule has 5 nitrogen and oxygen atoms in total. The number of carbonyl (C=O) groups excluding carboxylic acids is 2. The smallest absolute Gasteiger partial charge is 0.225 e. The van der Waals surface area contributed by atoms with Crippen molar-refractivity contribution in [3.05, 3.63) is 65.0 Å². The Hall–Kier alpha value is -2.89. The predicted octanol–water partition coefficient (Wildman–Crippen LogP) is 3.84. The van der Waals surface area contributed by atoms with E-state index in [9.17, 15) is 14.0 Å². The number of ether oxygens (including phenoxy) is 1. The molecule has 0 bridgehead atoms. The van der Waals surface area contributed by atoms with E-state index < -0.39 is 0 Å². The molecule has 1 aliphatic heterocycles. The van der Waals surface area contributed by atoms with Gasteiger partial charge in [-0.1, -0.05) is 24.3 Å². The molecule has 2 aliphatic rings. The number of nitrogens with one attached hydrogen (secondary N) is 1. The predicted molar refractivity (Wildman–Crippen MR) is 121 cm³/mol. The molecule has 2 aromatic carbocycles. The summed E-state index contributed by atoms with van der Waals surface area (Å²) in [7, 11) is 1.64. The van der Waals surface area contributed by atoms with Crippen molar-refractivity contribution in [2.45, 2.75) is 38.5 Å². The summed E-state index contributed by atoms with van der Waals surface area (Å²) in [6.07, 6.45) is 3.27. The lowest BCUT2D eigenvalue weighted by molar-refractivity contribution is -0.137. The molecule has 32 heavy (non-hydrogen) atoms. The summed E-state index contributed by atoms with van der Waals surface area (Å²) < 4.78 is 19.0. The highest BCUT2D eigenvalue weighted by Crippen LogP contribution is 2.36. The lowest BCUT2D eigenvalue weighted by Gasteiger charge is -2.37. The molecule has 6 heteroatoms. The van der Waals surface area contributed by atoms with E-state index in [4.69, 9.17) is 4.74 Å². The van der Waals surface area contributed by atoms with Gasteiger partial charge in [0.05, 0.1) is 13.0 Å². The first-order chi connectivity index (χ1) is 15.4. The SMILES string of the molecule is COc1ccc(CCNC(=O)[C@@H]2C[C@H](c3ccc(F)c(C)c3)CN(C(=O)C3CC3)C2)cc1. The van der Waals surface area contributed by atoms with E-state index >= 15 is 0 Å². The third-order valence-electron chi connectivity index (χ3n) is 6.59. The maximum Gasteiger partial charge on any atom is 0.225 e. The molecule has 2 amide bonds. The number of benzene rings is 2. The van der Waals surface area contributed by atoms with Gasteiger partial charge in [-0.3, -0.25) is 9.59 Å². The molecule has 0 radical (unpaired) electrons. The molecule has 170 valence electrons. The molecule has 1 saturated carbocycles. The second kappa shape index (κ2) is 9.72. The summed E-state index contributed by atoms with van der Waals surface area (Å²) in [5, 5.41) is 3.06. The second-order valence-corrected chi connectivity index (χ2v) is 9.04. The van der Waals surface area contributed by atoms with Crippen molar-refractivity contribution in [2.75, 3.05) is 26.7 Å². The first-order valence-corrected chi connectivity index (χ1v) is 11.4. The van der Waals surface area contributed by atoms with E-state index in [0.717, 1.165) is 36.1 Å². The van der Waals surface area contributed by atoms with Crippen LogP contribution in [0.3, 0.4) is 0 Å². The van der Waals surface area contributed by atoms with Crippen LogP contribution < -0.4 is 10.1 Å².